The van der Waals surface area contributed by atoms with Crippen LogP contribution in [0.2, 0.25) is 0 Å². The smallest absolute Gasteiger partial charge is 0.254 e. The minimum atomic E-state index is -0.193. The number of nitrogens with zero attached hydrogens (tertiary/aromatic N) is 2. The predicted molar refractivity (Wildman–Crippen MR) is 88.2 cm³/mol. The Labute approximate surface area is 135 Å². The van der Waals surface area contributed by atoms with Gasteiger partial charge in [-0.25, -0.2) is 0 Å². The van der Waals surface area contributed by atoms with Crippen molar-refractivity contribution in [1.29, 1.82) is 0 Å². The van der Waals surface area contributed by atoms with Gasteiger partial charge in [0.15, 0.2) is 0 Å². The average Bonchev–Trinajstić information content (AvgIpc) is 2.87. The number of rotatable bonds is 3. The van der Waals surface area contributed by atoms with Crippen LogP contribution in [0.25, 0.3) is 6.08 Å². The molecule has 4 nitrogen and oxygen atoms in total. The summed E-state index contributed by atoms with van der Waals surface area (Å²) in [4.78, 5) is 25.1. The zero-order valence-electron chi connectivity index (χ0n) is 12.7. The topological polar surface area (TPSA) is 49.7 Å². The third-order valence-corrected chi connectivity index (χ3v) is 5.09. The molecule has 4 unspecified atom stereocenters. The SMILES string of the molecule is O=C1C2C3C=CC(CC3)C2C(=O)N1/N=C/C=C/c1ccccc1. The molecule has 0 radical (unpaired) electrons. The van der Waals surface area contributed by atoms with Crippen LogP contribution < -0.4 is 0 Å². The van der Waals surface area contributed by atoms with Crippen LogP contribution in [0.15, 0.2) is 53.7 Å². The van der Waals surface area contributed by atoms with Crippen molar-refractivity contribution in [2.24, 2.45) is 28.8 Å². The molecule has 1 aromatic carbocycles. The molecule has 1 aromatic rings. The molecular weight excluding hydrogens is 288 g/mol. The summed E-state index contributed by atoms with van der Waals surface area (Å²) in [6.07, 6.45) is 11.4. The number of carbonyl (C=O) groups excluding carboxylic acids is 2. The van der Waals surface area contributed by atoms with Crippen molar-refractivity contribution in [3.05, 3.63) is 54.1 Å². The van der Waals surface area contributed by atoms with Crippen LogP contribution in [0.5, 0.6) is 0 Å². The maximum atomic E-state index is 12.5. The zero-order chi connectivity index (χ0) is 15.8. The Balaban J connectivity index is 1.50. The van der Waals surface area contributed by atoms with E-state index in [0.717, 1.165) is 23.4 Å². The average molecular weight is 306 g/mol. The van der Waals surface area contributed by atoms with E-state index < -0.39 is 0 Å². The Bertz CT molecular complexity index is 688. The van der Waals surface area contributed by atoms with Gasteiger partial charge < -0.3 is 0 Å². The summed E-state index contributed by atoms with van der Waals surface area (Å²) >= 11 is 0. The van der Waals surface area contributed by atoms with E-state index in [2.05, 4.69) is 17.3 Å². The second-order valence-corrected chi connectivity index (χ2v) is 6.36. The van der Waals surface area contributed by atoms with Gasteiger partial charge in [0.25, 0.3) is 11.8 Å². The molecule has 4 aliphatic rings. The van der Waals surface area contributed by atoms with E-state index in [9.17, 15) is 9.59 Å². The first-order chi connectivity index (χ1) is 11.3. The fraction of sp³-hybridized carbons (Fsp3) is 0.316. The number of fused-ring (bicyclic) bond motifs is 1. The number of amides is 2. The Hall–Kier alpha value is -2.49. The highest BCUT2D eigenvalue weighted by Gasteiger charge is 2.56. The summed E-state index contributed by atoms with van der Waals surface area (Å²) in [5.41, 5.74) is 1.05. The summed E-state index contributed by atoms with van der Waals surface area (Å²) < 4.78 is 0. The van der Waals surface area contributed by atoms with Gasteiger partial charge in [0.2, 0.25) is 0 Å². The molecule has 2 amide bonds. The molecule has 2 bridgehead atoms. The van der Waals surface area contributed by atoms with E-state index in [1.807, 2.05) is 36.4 Å². The van der Waals surface area contributed by atoms with Crippen molar-refractivity contribution >= 4 is 24.1 Å². The molecule has 0 spiro atoms. The lowest BCUT2D eigenvalue weighted by Gasteiger charge is -2.37. The molecule has 1 aliphatic heterocycles. The van der Waals surface area contributed by atoms with Gasteiger partial charge in [0.1, 0.15) is 0 Å². The normalized spacial score (nSPS) is 32.4. The lowest BCUT2D eigenvalue weighted by atomic mass is 9.63. The van der Waals surface area contributed by atoms with Crippen molar-refractivity contribution < 1.29 is 9.59 Å². The van der Waals surface area contributed by atoms with Crippen LogP contribution in [-0.4, -0.2) is 23.0 Å². The van der Waals surface area contributed by atoms with Crippen LogP contribution in [0.3, 0.4) is 0 Å². The molecule has 1 saturated heterocycles. The minimum Gasteiger partial charge on any atom is -0.272 e. The van der Waals surface area contributed by atoms with Gasteiger partial charge >= 0.3 is 0 Å². The standard InChI is InChI=1S/C19H18N2O2/c22-18-16-14-8-9-15(11-10-14)17(16)19(23)21(18)20-12-4-7-13-5-2-1-3-6-13/h1-9,12,14-17H,10-11H2/b7-4+,20-12+. The summed E-state index contributed by atoms with van der Waals surface area (Å²) in [5, 5.41) is 5.20. The zero-order valence-corrected chi connectivity index (χ0v) is 12.7. The van der Waals surface area contributed by atoms with Crippen LogP contribution in [-0.2, 0) is 9.59 Å². The lowest BCUT2D eigenvalue weighted by molar-refractivity contribution is -0.140. The number of allylic oxidation sites excluding steroid dienone is 3. The number of hydrazone groups is 1. The second-order valence-electron chi connectivity index (χ2n) is 6.36. The van der Waals surface area contributed by atoms with E-state index >= 15 is 0 Å². The first-order valence-electron chi connectivity index (χ1n) is 8.07. The van der Waals surface area contributed by atoms with Crippen molar-refractivity contribution in [3.63, 3.8) is 0 Å². The predicted octanol–water partition coefficient (Wildman–Crippen LogP) is 2.88. The molecule has 5 rings (SSSR count). The summed E-state index contributed by atoms with van der Waals surface area (Å²) in [6, 6.07) is 9.83. The van der Waals surface area contributed by atoms with Gasteiger partial charge in [-0.1, -0.05) is 48.6 Å². The number of carbonyl (C=O) groups is 2. The number of hydrogen-bond donors (Lipinski definition) is 0. The molecule has 0 aromatic heterocycles. The lowest BCUT2D eigenvalue weighted by Crippen LogP contribution is -2.38. The summed E-state index contributed by atoms with van der Waals surface area (Å²) in [5.74, 6) is -0.238. The van der Waals surface area contributed by atoms with Gasteiger partial charge in [-0.05, 0) is 36.3 Å². The van der Waals surface area contributed by atoms with Crippen LogP contribution in [0.4, 0.5) is 0 Å². The largest absolute Gasteiger partial charge is 0.272 e. The third kappa shape index (κ3) is 2.34. The Morgan fingerprint density at radius 3 is 2.13 bits per heavy atom. The first kappa shape index (κ1) is 14.1. The highest BCUT2D eigenvalue weighted by molar-refractivity contribution is 6.06. The van der Waals surface area contributed by atoms with Crippen molar-refractivity contribution in [3.8, 4) is 0 Å². The highest BCUT2D eigenvalue weighted by atomic mass is 16.2. The van der Waals surface area contributed by atoms with E-state index in [-0.39, 0.29) is 35.5 Å². The molecule has 4 heteroatoms. The molecular formula is C19H18N2O2. The minimum absolute atomic E-state index is 0.136. The molecule has 0 N–H and O–H groups in total. The van der Waals surface area contributed by atoms with E-state index in [4.69, 9.17) is 0 Å². The van der Waals surface area contributed by atoms with E-state index in [1.165, 1.54) is 6.21 Å². The quantitative estimate of drug-likeness (QED) is 0.490. The van der Waals surface area contributed by atoms with Gasteiger partial charge in [-0.2, -0.15) is 10.1 Å². The van der Waals surface area contributed by atoms with Gasteiger partial charge in [0, 0.05) is 6.21 Å². The van der Waals surface area contributed by atoms with Crippen LogP contribution in [0, 0.1) is 23.7 Å². The second kappa shape index (κ2) is 5.61. The van der Waals surface area contributed by atoms with Gasteiger partial charge in [-0.3, -0.25) is 9.59 Å². The molecule has 1 heterocycles. The van der Waals surface area contributed by atoms with E-state index in [0.29, 0.717) is 0 Å². The van der Waals surface area contributed by atoms with Crippen molar-refractivity contribution in [2.45, 2.75) is 12.8 Å². The van der Waals surface area contributed by atoms with E-state index in [1.54, 1.807) is 6.08 Å². The maximum Gasteiger partial charge on any atom is 0.254 e. The summed E-state index contributed by atoms with van der Waals surface area (Å²) in [7, 11) is 0. The Morgan fingerprint density at radius 1 is 0.957 bits per heavy atom. The van der Waals surface area contributed by atoms with Crippen molar-refractivity contribution in [2.75, 3.05) is 0 Å². The highest BCUT2D eigenvalue weighted by Crippen LogP contribution is 2.49. The van der Waals surface area contributed by atoms with Crippen LogP contribution in [0.1, 0.15) is 18.4 Å². The Kier molecular flexibility index (Phi) is 3.45. The van der Waals surface area contributed by atoms with Crippen LogP contribution >= 0.6 is 0 Å². The molecule has 116 valence electrons. The molecule has 2 fully saturated rings. The number of imide groups is 1. The van der Waals surface area contributed by atoms with Gasteiger partial charge in [0.05, 0.1) is 11.8 Å². The number of hydrogen-bond acceptors (Lipinski definition) is 3. The molecule has 3 aliphatic carbocycles. The third-order valence-electron chi connectivity index (χ3n) is 5.09. The molecule has 4 atom stereocenters. The van der Waals surface area contributed by atoms with Crippen molar-refractivity contribution in [1.82, 2.24) is 5.01 Å². The first-order valence-corrected chi connectivity index (χ1v) is 8.07. The molecule has 23 heavy (non-hydrogen) atoms. The fourth-order valence-electron chi connectivity index (χ4n) is 4.00. The fourth-order valence-corrected chi connectivity index (χ4v) is 4.00. The molecule has 1 saturated carbocycles. The van der Waals surface area contributed by atoms with Gasteiger partial charge in [-0.15, -0.1) is 0 Å². The number of benzene rings is 1. The Morgan fingerprint density at radius 2 is 1.57 bits per heavy atom. The monoisotopic (exact) mass is 306 g/mol. The maximum absolute atomic E-state index is 12.5. The summed E-state index contributed by atoms with van der Waals surface area (Å²) in [6.45, 7) is 0.